The number of esters is 1. The summed E-state index contributed by atoms with van der Waals surface area (Å²) in [6, 6.07) is 0. The van der Waals surface area contributed by atoms with Crippen molar-refractivity contribution in [3.8, 4) is 0 Å². The van der Waals surface area contributed by atoms with E-state index in [1.165, 1.54) is 6.42 Å². The summed E-state index contributed by atoms with van der Waals surface area (Å²) in [5.74, 6) is 0.278. The molecule has 0 aromatic heterocycles. The van der Waals surface area contributed by atoms with Gasteiger partial charge >= 0.3 is 5.97 Å². The van der Waals surface area contributed by atoms with Crippen LogP contribution in [0.3, 0.4) is 0 Å². The lowest BCUT2D eigenvalue weighted by atomic mass is 10.2. The number of ether oxygens (including phenoxy) is 2. The predicted molar refractivity (Wildman–Crippen MR) is 52.7 cm³/mol. The average Bonchev–Trinajstić information content (AvgIpc) is 2.17. The first kappa shape index (κ1) is 10.9. The molecular formula is C9H16O3S. The molecule has 1 rings (SSSR count). The number of carbonyl (C=O) groups excluding carboxylic acids is 1. The summed E-state index contributed by atoms with van der Waals surface area (Å²) in [7, 11) is 0. The Bertz CT molecular complexity index is 155. The van der Waals surface area contributed by atoms with Crippen molar-refractivity contribution >= 4 is 17.7 Å². The second-order valence-electron chi connectivity index (χ2n) is 2.91. The molecule has 1 aliphatic heterocycles. The van der Waals surface area contributed by atoms with Crippen LogP contribution in [0, 0.1) is 0 Å². The highest BCUT2D eigenvalue weighted by Crippen LogP contribution is 2.23. The summed E-state index contributed by atoms with van der Waals surface area (Å²) in [6.45, 7) is 3.12. The molecule has 1 fully saturated rings. The molecule has 0 aliphatic carbocycles. The Morgan fingerprint density at radius 2 is 2.46 bits per heavy atom. The molecule has 1 aliphatic rings. The van der Waals surface area contributed by atoms with Gasteiger partial charge < -0.3 is 9.47 Å². The van der Waals surface area contributed by atoms with Gasteiger partial charge in [0.05, 0.1) is 12.4 Å². The Morgan fingerprint density at radius 1 is 1.62 bits per heavy atom. The van der Waals surface area contributed by atoms with Crippen LogP contribution in [0.2, 0.25) is 0 Å². The quantitative estimate of drug-likeness (QED) is 0.654. The highest BCUT2D eigenvalue weighted by Gasteiger charge is 2.15. The minimum Gasteiger partial charge on any atom is -0.465 e. The predicted octanol–water partition coefficient (Wildman–Crippen LogP) is 1.81. The lowest BCUT2D eigenvalue weighted by molar-refractivity contribution is -0.139. The fourth-order valence-corrected chi connectivity index (χ4v) is 2.14. The van der Waals surface area contributed by atoms with Crippen molar-refractivity contribution in [2.24, 2.45) is 0 Å². The Hall–Kier alpha value is -0.220. The Balaban J connectivity index is 2.06. The van der Waals surface area contributed by atoms with Crippen LogP contribution in [0.5, 0.6) is 0 Å². The van der Waals surface area contributed by atoms with Crippen molar-refractivity contribution in [1.82, 2.24) is 0 Å². The van der Waals surface area contributed by atoms with Gasteiger partial charge in [-0.05, 0) is 26.2 Å². The van der Waals surface area contributed by atoms with Gasteiger partial charge in [0.15, 0.2) is 0 Å². The van der Waals surface area contributed by atoms with E-state index in [0.29, 0.717) is 12.4 Å². The van der Waals surface area contributed by atoms with Gasteiger partial charge in [-0.3, -0.25) is 4.79 Å². The van der Waals surface area contributed by atoms with Crippen molar-refractivity contribution < 1.29 is 14.3 Å². The third-order valence-corrected chi connectivity index (χ3v) is 2.98. The van der Waals surface area contributed by atoms with E-state index in [2.05, 4.69) is 0 Å². The highest BCUT2D eigenvalue weighted by molar-refractivity contribution is 8.00. The number of hydrogen-bond donors (Lipinski definition) is 0. The highest BCUT2D eigenvalue weighted by atomic mass is 32.2. The van der Waals surface area contributed by atoms with Gasteiger partial charge in [0.1, 0.15) is 5.44 Å². The third-order valence-electron chi connectivity index (χ3n) is 1.83. The molecule has 0 aromatic carbocycles. The molecule has 0 amide bonds. The lowest BCUT2D eigenvalue weighted by Gasteiger charge is -2.21. The van der Waals surface area contributed by atoms with Crippen LogP contribution in [0.15, 0.2) is 0 Å². The van der Waals surface area contributed by atoms with Crippen LogP contribution in [0.4, 0.5) is 0 Å². The number of thioether (sulfide) groups is 1. The van der Waals surface area contributed by atoms with Gasteiger partial charge in [0, 0.05) is 6.61 Å². The van der Waals surface area contributed by atoms with Crippen molar-refractivity contribution in [2.45, 2.75) is 31.6 Å². The van der Waals surface area contributed by atoms with Crippen LogP contribution in [0.1, 0.15) is 26.2 Å². The van der Waals surface area contributed by atoms with Gasteiger partial charge in [-0.1, -0.05) is 0 Å². The standard InChI is InChI=1S/C9H16O3S/c1-2-11-8(10)7-13-9-5-3-4-6-12-9/h9H,2-7H2,1H3. The smallest absolute Gasteiger partial charge is 0.315 e. The maximum absolute atomic E-state index is 11.0. The second-order valence-corrected chi connectivity index (χ2v) is 4.06. The van der Waals surface area contributed by atoms with Crippen molar-refractivity contribution in [3.63, 3.8) is 0 Å². The lowest BCUT2D eigenvalue weighted by Crippen LogP contribution is -2.18. The van der Waals surface area contributed by atoms with Crippen LogP contribution in [-0.4, -0.2) is 30.4 Å². The number of hydrogen-bond acceptors (Lipinski definition) is 4. The third kappa shape index (κ3) is 4.52. The zero-order chi connectivity index (χ0) is 9.52. The van der Waals surface area contributed by atoms with Gasteiger partial charge in [0.2, 0.25) is 0 Å². The van der Waals surface area contributed by atoms with Gasteiger partial charge in [-0.25, -0.2) is 0 Å². The molecule has 4 heteroatoms. The summed E-state index contributed by atoms with van der Waals surface area (Å²) in [6.07, 6.45) is 3.42. The zero-order valence-electron chi connectivity index (χ0n) is 7.95. The van der Waals surface area contributed by atoms with Gasteiger partial charge in [0.25, 0.3) is 0 Å². The summed E-state index contributed by atoms with van der Waals surface area (Å²) < 4.78 is 10.3. The van der Waals surface area contributed by atoms with Crippen LogP contribution in [0.25, 0.3) is 0 Å². The van der Waals surface area contributed by atoms with Gasteiger partial charge in [-0.15, -0.1) is 11.8 Å². The molecule has 0 N–H and O–H groups in total. The van der Waals surface area contributed by atoms with E-state index < -0.39 is 0 Å². The van der Waals surface area contributed by atoms with E-state index in [4.69, 9.17) is 9.47 Å². The number of rotatable bonds is 4. The summed E-state index contributed by atoms with van der Waals surface area (Å²) in [5.41, 5.74) is 0.207. The van der Waals surface area contributed by atoms with Crippen molar-refractivity contribution in [2.75, 3.05) is 19.0 Å². The van der Waals surface area contributed by atoms with Crippen molar-refractivity contribution in [1.29, 1.82) is 0 Å². The Labute approximate surface area is 83.2 Å². The summed E-state index contributed by atoms with van der Waals surface area (Å²) in [5, 5.41) is 0. The fourth-order valence-electron chi connectivity index (χ4n) is 1.21. The molecule has 0 aromatic rings. The average molecular weight is 204 g/mol. The first-order chi connectivity index (χ1) is 6.33. The minimum absolute atomic E-state index is 0.137. The van der Waals surface area contributed by atoms with Crippen LogP contribution >= 0.6 is 11.8 Å². The Kier molecular flexibility index (Phi) is 5.23. The van der Waals surface area contributed by atoms with E-state index in [1.54, 1.807) is 11.8 Å². The molecule has 3 nitrogen and oxygen atoms in total. The molecular weight excluding hydrogens is 188 g/mol. The fraction of sp³-hybridized carbons (Fsp3) is 0.889. The summed E-state index contributed by atoms with van der Waals surface area (Å²) in [4.78, 5) is 11.0. The molecule has 0 spiro atoms. The number of carbonyl (C=O) groups is 1. The largest absolute Gasteiger partial charge is 0.465 e. The molecule has 0 radical (unpaired) electrons. The first-order valence-corrected chi connectivity index (χ1v) is 5.76. The second kappa shape index (κ2) is 6.27. The molecule has 1 unspecified atom stereocenters. The normalized spacial score (nSPS) is 22.7. The minimum atomic E-state index is -0.137. The monoisotopic (exact) mass is 204 g/mol. The first-order valence-electron chi connectivity index (χ1n) is 4.71. The molecule has 0 saturated carbocycles. The van der Waals surface area contributed by atoms with E-state index in [9.17, 15) is 4.79 Å². The summed E-state index contributed by atoms with van der Waals surface area (Å²) >= 11 is 1.55. The van der Waals surface area contributed by atoms with E-state index in [1.807, 2.05) is 6.92 Å². The molecule has 1 heterocycles. The SMILES string of the molecule is CCOC(=O)CSC1CCCCO1. The maximum Gasteiger partial charge on any atom is 0.315 e. The maximum atomic E-state index is 11.0. The molecule has 76 valence electrons. The Morgan fingerprint density at radius 3 is 3.08 bits per heavy atom. The van der Waals surface area contributed by atoms with E-state index in [-0.39, 0.29) is 11.4 Å². The van der Waals surface area contributed by atoms with E-state index in [0.717, 1.165) is 19.4 Å². The van der Waals surface area contributed by atoms with Crippen molar-refractivity contribution in [3.05, 3.63) is 0 Å². The van der Waals surface area contributed by atoms with Crippen LogP contribution < -0.4 is 0 Å². The molecule has 1 atom stereocenters. The molecule has 13 heavy (non-hydrogen) atoms. The van der Waals surface area contributed by atoms with Crippen LogP contribution in [-0.2, 0) is 14.3 Å². The van der Waals surface area contributed by atoms with E-state index >= 15 is 0 Å². The molecule has 1 saturated heterocycles. The molecule has 0 bridgehead atoms. The zero-order valence-corrected chi connectivity index (χ0v) is 8.77. The van der Waals surface area contributed by atoms with Gasteiger partial charge in [-0.2, -0.15) is 0 Å². The topological polar surface area (TPSA) is 35.5 Å².